The van der Waals surface area contributed by atoms with E-state index in [-0.39, 0.29) is 11.5 Å². The first-order chi connectivity index (χ1) is 11.0. The van der Waals surface area contributed by atoms with E-state index >= 15 is 0 Å². The molecule has 0 aliphatic rings. The third-order valence-electron chi connectivity index (χ3n) is 3.36. The van der Waals surface area contributed by atoms with Gasteiger partial charge in [0.15, 0.2) is 5.82 Å². The van der Waals surface area contributed by atoms with Crippen LogP contribution in [0.5, 0.6) is 5.75 Å². The highest BCUT2D eigenvalue weighted by Crippen LogP contribution is 2.20. The van der Waals surface area contributed by atoms with Crippen LogP contribution in [-0.4, -0.2) is 27.7 Å². The van der Waals surface area contributed by atoms with E-state index < -0.39 is 5.97 Å². The average molecular weight is 311 g/mol. The van der Waals surface area contributed by atoms with Crippen LogP contribution in [0.1, 0.15) is 29.4 Å². The van der Waals surface area contributed by atoms with Crippen LogP contribution < -0.4 is 4.74 Å². The van der Waals surface area contributed by atoms with Crippen LogP contribution in [0.2, 0.25) is 0 Å². The molecule has 2 aromatic rings. The highest BCUT2D eigenvalue weighted by molar-refractivity contribution is 5.88. The van der Waals surface area contributed by atoms with Crippen molar-refractivity contribution in [3.8, 4) is 23.2 Å². The molecule has 0 radical (unpaired) electrons. The van der Waals surface area contributed by atoms with E-state index in [9.17, 15) is 4.79 Å². The van der Waals surface area contributed by atoms with E-state index in [1.807, 2.05) is 19.1 Å². The van der Waals surface area contributed by atoms with Crippen LogP contribution >= 0.6 is 0 Å². The first-order valence-electron chi connectivity index (χ1n) is 7.21. The predicted molar refractivity (Wildman–Crippen MR) is 84.1 cm³/mol. The number of carboxylic acid groups (broad SMARTS) is 1. The maximum Gasteiger partial charge on any atom is 0.339 e. The van der Waals surface area contributed by atoms with Crippen molar-refractivity contribution in [1.29, 1.82) is 5.26 Å². The Kier molecular flexibility index (Phi) is 5.26. The molecule has 0 amide bonds. The average Bonchev–Trinajstić information content (AvgIpc) is 2.54. The summed E-state index contributed by atoms with van der Waals surface area (Å²) in [5, 5.41) is 17.7. The third-order valence-corrected chi connectivity index (χ3v) is 3.36. The number of aromatic carboxylic acids is 1. The highest BCUT2D eigenvalue weighted by Gasteiger charge is 2.11. The van der Waals surface area contributed by atoms with E-state index in [0.29, 0.717) is 30.3 Å². The Bertz CT molecular complexity index is 736. The van der Waals surface area contributed by atoms with Crippen molar-refractivity contribution in [1.82, 2.24) is 9.97 Å². The SMILES string of the molecule is Cc1nc(-c2ccc(OCCC(C)C#N)cc2)ncc1C(=O)O. The number of carbonyl (C=O) groups is 1. The zero-order valence-electron chi connectivity index (χ0n) is 13.0. The van der Waals surface area contributed by atoms with Gasteiger partial charge in [0.25, 0.3) is 0 Å². The number of hydrogen-bond acceptors (Lipinski definition) is 5. The molecule has 2 rings (SSSR count). The number of aryl methyl sites for hydroxylation is 1. The largest absolute Gasteiger partial charge is 0.494 e. The van der Waals surface area contributed by atoms with Crippen molar-refractivity contribution in [3.63, 3.8) is 0 Å². The Hall–Kier alpha value is -2.94. The molecular formula is C17H17N3O3. The maximum absolute atomic E-state index is 11.0. The van der Waals surface area contributed by atoms with E-state index in [0.717, 1.165) is 5.56 Å². The summed E-state index contributed by atoms with van der Waals surface area (Å²) in [6.07, 6.45) is 1.99. The lowest BCUT2D eigenvalue weighted by Gasteiger charge is -2.08. The molecule has 0 aliphatic heterocycles. The topological polar surface area (TPSA) is 96.1 Å². The molecule has 0 fully saturated rings. The molecule has 23 heavy (non-hydrogen) atoms. The standard InChI is InChI=1S/C17H17N3O3/c1-11(9-18)7-8-23-14-5-3-13(4-6-14)16-19-10-15(17(21)22)12(2)20-16/h3-6,10-11H,7-8H2,1-2H3,(H,21,22). The smallest absolute Gasteiger partial charge is 0.339 e. The van der Waals surface area contributed by atoms with E-state index in [4.69, 9.17) is 15.1 Å². The minimum absolute atomic E-state index is 0.0293. The van der Waals surface area contributed by atoms with Crippen LogP contribution in [0.4, 0.5) is 0 Å². The molecule has 0 bridgehead atoms. The molecule has 1 unspecified atom stereocenters. The zero-order chi connectivity index (χ0) is 16.8. The Morgan fingerprint density at radius 2 is 2.09 bits per heavy atom. The lowest BCUT2D eigenvalue weighted by atomic mass is 10.1. The third kappa shape index (κ3) is 4.27. The summed E-state index contributed by atoms with van der Waals surface area (Å²) >= 11 is 0. The molecule has 0 saturated carbocycles. The molecule has 1 heterocycles. The van der Waals surface area contributed by atoms with Crippen LogP contribution in [0.15, 0.2) is 30.5 Å². The number of nitriles is 1. The van der Waals surface area contributed by atoms with Gasteiger partial charge in [-0.15, -0.1) is 0 Å². The first-order valence-corrected chi connectivity index (χ1v) is 7.21. The quantitative estimate of drug-likeness (QED) is 0.880. The van der Waals surface area contributed by atoms with Crippen molar-refractivity contribution >= 4 is 5.97 Å². The molecule has 1 aromatic heterocycles. The summed E-state index contributed by atoms with van der Waals surface area (Å²) in [6.45, 7) is 3.98. The predicted octanol–water partition coefficient (Wildman–Crippen LogP) is 3.08. The van der Waals surface area contributed by atoms with E-state index in [1.165, 1.54) is 6.20 Å². The van der Waals surface area contributed by atoms with Crippen molar-refractivity contribution < 1.29 is 14.6 Å². The van der Waals surface area contributed by atoms with Gasteiger partial charge in [-0.2, -0.15) is 5.26 Å². The molecular weight excluding hydrogens is 294 g/mol. The fraction of sp³-hybridized carbons (Fsp3) is 0.294. The fourth-order valence-corrected chi connectivity index (χ4v) is 1.93. The number of hydrogen-bond donors (Lipinski definition) is 1. The van der Waals surface area contributed by atoms with Crippen LogP contribution in [0.25, 0.3) is 11.4 Å². The van der Waals surface area contributed by atoms with Gasteiger partial charge in [0.05, 0.1) is 23.9 Å². The molecule has 0 spiro atoms. The number of ether oxygens (including phenoxy) is 1. The van der Waals surface area contributed by atoms with Gasteiger partial charge in [-0.05, 0) is 44.5 Å². The molecule has 6 heteroatoms. The Morgan fingerprint density at radius 3 is 2.65 bits per heavy atom. The van der Waals surface area contributed by atoms with E-state index in [2.05, 4.69) is 16.0 Å². The highest BCUT2D eigenvalue weighted by atomic mass is 16.5. The Balaban J connectivity index is 2.06. The Labute approximate surface area is 134 Å². The molecule has 1 atom stereocenters. The summed E-state index contributed by atoms with van der Waals surface area (Å²) in [6, 6.07) is 9.40. The number of carboxylic acids is 1. The van der Waals surface area contributed by atoms with Gasteiger partial charge < -0.3 is 9.84 Å². The minimum Gasteiger partial charge on any atom is -0.494 e. The second-order valence-corrected chi connectivity index (χ2v) is 5.19. The fourth-order valence-electron chi connectivity index (χ4n) is 1.93. The number of rotatable bonds is 6. The summed E-state index contributed by atoms with van der Waals surface area (Å²) in [5.74, 6) is 0.109. The molecule has 1 aromatic carbocycles. The second kappa shape index (κ2) is 7.36. The number of benzene rings is 1. The van der Waals surface area contributed by atoms with Gasteiger partial charge >= 0.3 is 5.97 Å². The normalized spacial score (nSPS) is 11.5. The molecule has 6 nitrogen and oxygen atoms in total. The lowest BCUT2D eigenvalue weighted by Crippen LogP contribution is -2.04. The van der Waals surface area contributed by atoms with Crippen molar-refractivity contribution in [3.05, 3.63) is 41.7 Å². The maximum atomic E-state index is 11.0. The summed E-state index contributed by atoms with van der Waals surface area (Å²) in [4.78, 5) is 19.3. The summed E-state index contributed by atoms with van der Waals surface area (Å²) in [5.41, 5.74) is 1.30. The second-order valence-electron chi connectivity index (χ2n) is 5.19. The minimum atomic E-state index is -1.04. The van der Waals surface area contributed by atoms with Gasteiger partial charge in [-0.3, -0.25) is 0 Å². The van der Waals surface area contributed by atoms with Crippen LogP contribution in [0.3, 0.4) is 0 Å². The summed E-state index contributed by atoms with van der Waals surface area (Å²) < 4.78 is 5.57. The van der Waals surface area contributed by atoms with Crippen LogP contribution in [0, 0.1) is 24.2 Å². The van der Waals surface area contributed by atoms with E-state index in [1.54, 1.807) is 19.1 Å². The summed E-state index contributed by atoms with van der Waals surface area (Å²) in [7, 11) is 0. The van der Waals surface area contributed by atoms with Gasteiger partial charge in [-0.1, -0.05) is 0 Å². The zero-order valence-corrected chi connectivity index (χ0v) is 13.0. The number of nitrogens with zero attached hydrogens (tertiary/aromatic N) is 3. The van der Waals surface area contributed by atoms with Crippen molar-refractivity contribution in [2.45, 2.75) is 20.3 Å². The molecule has 0 aliphatic carbocycles. The van der Waals surface area contributed by atoms with Gasteiger partial charge in [0.1, 0.15) is 5.75 Å². The molecule has 1 N–H and O–H groups in total. The van der Waals surface area contributed by atoms with Crippen molar-refractivity contribution in [2.24, 2.45) is 5.92 Å². The van der Waals surface area contributed by atoms with Gasteiger partial charge in [-0.25, -0.2) is 14.8 Å². The van der Waals surface area contributed by atoms with Crippen LogP contribution in [-0.2, 0) is 0 Å². The molecule has 0 saturated heterocycles. The number of aromatic nitrogens is 2. The monoisotopic (exact) mass is 311 g/mol. The first kappa shape index (κ1) is 16.4. The van der Waals surface area contributed by atoms with Crippen molar-refractivity contribution in [2.75, 3.05) is 6.61 Å². The Morgan fingerprint density at radius 1 is 1.39 bits per heavy atom. The van der Waals surface area contributed by atoms with Gasteiger partial charge in [0, 0.05) is 17.7 Å². The molecule has 118 valence electrons. The van der Waals surface area contributed by atoms with Gasteiger partial charge in [0.2, 0.25) is 0 Å². The lowest BCUT2D eigenvalue weighted by molar-refractivity contribution is 0.0695.